The largest absolute Gasteiger partial charge is 0.355 e. The first-order chi connectivity index (χ1) is 8.15. The highest BCUT2D eigenvalue weighted by atomic mass is 35.5. The maximum atomic E-state index is 5.96. The SMILES string of the molecule is CC(C)CC/C=C/c1cc2cc(Cl)ccc2[nH]1. The molecule has 1 aromatic heterocycles. The number of aromatic nitrogens is 1. The van der Waals surface area contributed by atoms with Crippen LogP contribution in [0.15, 0.2) is 30.3 Å². The van der Waals surface area contributed by atoms with Crippen LogP contribution in [0.25, 0.3) is 17.0 Å². The summed E-state index contributed by atoms with van der Waals surface area (Å²) in [6.45, 7) is 4.50. The van der Waals surface area contributed by atoms with Crippen molar-refractivity contribution < 1.29 is 0 Å². The number of allylic oxidation sites excluding steroid dienone is 1. The van der Waals surface area contributed by atoms with Crippen LogP contribution in [0.3, 0.4) is 0 Å². The minimum Gasteiger partial charge on any atom is -0.355 e. The fraction of sp³-hybridized carbons (Fsp3) is 0.333. The van der Waals surface area contributed by atoms with Crippen molar-refractivity contribution in [2.24, 2.45) is 5.92 Å². The van der Waals surface area contributed by atoms with Crippen LogP contribution >= 0.6 is 11.6 Å². The number of hydrogen-bond acceptors (Lipinski definition) is 0. The Bertz CT molecular complexity index is 523. The number of hydrogen-bond donors (Lipinski definition) is 1. The Balaban J connectivity index is 2.09. The number of benzene rings is 1. The van der Waals surface area contributed by atoms with Gasteiger partial charge in [0.15, 0.2) is 0 Å². The molecule has 17 heavy (non-hydrogen) atoms. The molecule has 1 nitrogen and oxygen atoms in total. The molecule has 2 rings (SSSR count). The molecule has 0 fully saturated rings. The van der Waals surface area contributed by atoms with Gasteiger partial charge in [0.25, 0.3) is 0 Å². The summed E-state index contributed by atoms with van der Waals surface area (Å²) in [6, 6.07) is 8.04. The quantitative estimate of drug-likeness (QED) is 0.758. The zero-order chi connectivity index (χ0) is 12.3. The molecule has 0 bridgehead atoms. The van der Waals surface area contributed by atoms with Gasteiger partial charge in [-0.3, -0.25) is 0 Å². The van der Waals surface area contributed by atoms with Gasteiger partial charge in [-0.2, -0.15) is 0 Å². The molecular formula is C15H18ClN. The second-order valence-electron chi connectivity index (χ2n) is 4.83. The van der Waals surface area contributed by atoms with Crippen LogP contribution in [0, 0.1) is 5.92 Å². The number of aromatic amines is 1. The van der Waals surface area contributed by atoms with Crippen molar-refractivity contribution in [2.75, 3.05) is 0 Å². The Morgan fingerprint density at radius 3 is 2.88 bits per heavy atom. The fourth-order valence-corrected chi connectivity index (χ4v) is 2.04. The normalized spacial score (nSPS) is 12.0. The minimum atomic E-state index is 0.765. The predicted molar refractivity (Wildman–Crippen MR) is 76.4 cm³/mol. The molecule has 90 valence electrons. The summed E-state index contributed by atoms with van der Waals surface area (Å²) < 4.78 is 0. The van der Waals surface area contributed by atoms with E-state index < -0.39 is 0 Å². The van der Waals surface area contributed by atoms with Crippen molar-refractivity contribution in [1.29, 1.82) is 0 Å². The van der Waals surface area contributed by atoms with Gasteiger partial charge >= 0.3 is 0 Å². The monoisotopic (exact) mass is 247 g/mol. The molecule has 2 heteroatoms. The molecule has 0 aliphatic heterocycles. The van der Waals surface area contributed by atoms with Gasteiger partial charge in [0.2, 0.25) is 0 Å². The number of rotatable bonds is 4. The Kier molecular flexibility index (Phi) is 3.90. The van der Waals surface area contributed by atoms with Gasteiger partial charge in [-0.1, -0.05) is 31.5 Å². The molecule has 0 unspecified atom stereocenters. The highest BCUT2D eigenvalue weighted by Crippen LogP contribution is 2.20. The minimum absolute atomic E-state index is 0.765. The molecule has 0 aliphatic rings. The van der Waals surface area contributed by atoms with E-state index in [1.807, 2.05) is 18.2 Å². The summed E-state index contributed by atoms with van der Waals surface area (Å²) in [6.07, 6.45) is 6.75. The number of nitrogens with one attached hydrogen (secondary N) is 1. The molecule has 0 amide bonds. The standard InChI is InChI=1S/C15H18ClN/c1-11(2)5-3-4-6-14-10-12-9-13(16)7-8-15(12)17-14/h4,6-11,17H,3,5H2,1-2H3/b6-4+. The summed E-state index contributed by atoms with van der Waals surface area (Å²) >= 11 is 5.96. The Hall–Kier alpha value is -1.21. The number of H-pyrrole nitrogens is 1. The zero-order valence-electron chi connectivity index (χ0n) is 10.3. The van der Waals surface area contributed by atoms with Gasteiger partial charge in [0.05, 0.1) is 0 Å². The van der Waals surface area contributed by atoms with E-state index in [9.17, 15) is 0 Å². The van der Waals surface area contributed by atoms with Crippen molar-refractivity contribution in [1.82, 2.24) is 4.98 Å². The fourth-order valence-electron chi connectivity index (χ4n) is 1.86. The smallest absolute Gasteiger partial charge is 0.0459 e. The molecule has 2 aromatic rings. The number of halogens is 1. The molecule has 1 N–H and O–H groups in total. The number of fused-ring (bicyclic) bond motifs is 1. The van der Waals surface area contributed by atoms with E-state index in [1.165, 1.54) is 11.8 Å². The van der Waals surface area contributed by atoms with Crippen LogP contribution in [0.4, 0.5) is 0 Å². The van der Waals surface area contributed by atoms with Crippen molar-refractivity contribution in [3.63, 3.8) is 0 Å². The van der Waals surface area contributed by atoms with E-state index in [0.717, 1.165) is 28.6 Å². The van der Waals surface area contributed by atoms with Crippen molar-refractivity contribution in [3.8, 4) is 0 Å². The first-order valence-corrected chi connectivity index (χ1v) is 6.48. The van der Waals surface area contributed by atoms with Crippen LogP contribution in [-0.4, -0.2) is 4.98 Å². The molecule has 0 radical (unpaired) electrons. The highest BCUT2D eigenvalue weighted by molar-refractivity contribution is 6.31. The summed E-state index contributed by atoms with van der Waals surface area (Å²) in [7, 11) is 0. The molecule has 0 spiro atoms. The summed E-state index contributed by atoms with van der Waals surface area (Å²) in [5.41, 5.74) is 2.28. The Morgan fingerprint density at radius 2 is 2.12 bits per heavy atom. The van der Waals surface area contributed by atoms with E-state index >= 15 is 0 Å². The first kappa shape index (κ1) is 12.3. The first-order valence-electron chi connectivity index (χ1n) is 6.10. The second-order valence-corrected chi connectivity index (χ2v) is 5.27. The molecular weight excluding hydrogens is 230 g/mol. The Labute approximate surface area is 107 Å². The average Bonchev–Trinajstić information content (AvgIpc) is 2.66. The van der Waals surface area contributed by atoms with Crippen LogP contribution in [0.1, 0.15) is 32.4 Å². The second kappa shape index (κ2) is 5.42. The lowest BCUT2D eigenvalue weighted by atomic mass is 10.1. The van der Waals surface area contributed by atoms with Gasteiger partial charge < -0.3 is 4.98 Å². The van der Waals surface area contributed by atoms with Crippen molar-refractivity contribution in [2.45, 2.75) is 26.7 Å². The molecule has 0 saturated heterocycles. The lowest BCUT2D eigenvalue weighted by Crippen LogP contribution is -1.83. The van der Waals surface area contributed by atoms with Gasteiger partial charge in [-0.25, -0.2) is 0 Å². The maximum absolute atomic E-state index is 5.96. The average molecular weight is 248 g/mol. The van der Waals surface area contributed by atoms with Gasteiger partial charge in [0, 0.05) is 21.6 Å². The topological polar surface area (TPSA) is 15.8 Å². The van der Waals surface area contributed by atoms with Gasteiger partial charge in [0.1, 0.15) is 0 Å². The van der Waals surface area contributed by atoms with E-state index in [-0.39, 0.29) is 0 Å². The molecule has 0 saturated carbocycles. The van der Waals surface area contributed by atoms with E-state index in [2.05, 4.69) is 37.0 Å². The van der Waals surface area contributed by atoms with Crippen LogP contribution in [0.5, 0.6) is 0 Å². The van der Waals surface area contributed by atoms with E-state index in [1.54, 1.807) is 0 Å². The zero-order valence-corrected chi connectivity index (χ0v) is 11.1. The van der Waals surface area contributed by atoms with Gasteiger partial charge in [-0.15, -0.1) is 0 Å². The maximum Gasteiger partial charge on any atom is 0.0459 e. The third kappa shape index (κ3) is 3.37. The lowest BCUT2D eigenvalue weighted by Gasteiger charge is -1.98. The summed E-state index contributed by atoms with van der Waals surface area (Å²) in [5, 5.41) is 1.95. The predicted octanol–water partition coefficient (Wildman–Crippen LogP) is 5.27. The summed E-state index contributed by atoms with van der Waals surface area (Å²) in [5.74, 6) is 0.765. The lowest BCUT2D eigenvalue weighted by molar-refractivity contribution is 0.595. The third-order valence-electron chi connectivity index (χ3n) is 2.81. The van der Waals surface area contributed by atoms with E-state index in [4.69, 9.17) is 11.6 Å². The summed E-state index contributed by atoms with van der Waals surface area (Å²) in [4.78, 5) is 3.37. The van der Waals surface area contributed by atoms with Crippen LogP contribution in [0.2, 0.25) is 5.02 Å². The van der Waals surface area contributed by atoms with Crippen LogP contribution in [-0.2, 0) is 0 Å². The van der Waals surface area contributed by atoms with E-state index in [0.29, 0.717) is 0 Å². The Morgan fingerprint density at radius 1 is 1.29 bits per heavy atom. The third-order valence-corrected chi connectivity index (χ3v) is 3.05. The van der Waals surface area contributed by atoms with Gasteiger partial charge in [-0.05, 0) is 49.1 Å². The molecule has 0 atom stereocenters. The molecule has 0 aliphatic carbocycles. The van der Waals surface area contributed by atoms with Crippen LogP contribution < -0.4 is 0 Å². The molecule has 1 aromatic carbocycles. The van der Waals surface area contributed by atoms with Crippen molar-refractivity contribution in [3.05, 3.63) is 41.1 Å². The molecule has 1 heterocycles. The highest BCUT2D eigenvalue weighted by Gasteiger charge is 1.98. The van der Waals surface area contributed by atoms with Crippen molar-refractivity contribution >= 4 is 28.6 Å².